The Hall–Kier alpha value is -1.23. The van der Waals surface area contributed by atoms with E-state index in [4.69, 9.17) is 9.26 Å². The molecule has 2 rings (SSSR count). The summed E-state index contributed by atoms with van der Waals surface area (Å²) < 4.78 is 10.6. The van der Waals surface area contributed by atoms with E-state index in [0.29, 0.717) is 24.1 Å². The summed E-state index contributed by atoms with van der Waals surface area (Å²) in [6.07, 6.45) is 2.88. The van der Waals surface area contributed by atoms with E-state index >= 15 is 0 Å². The van der Waals surface area contributed by atoms with E-state index in [1.807, 2.05) is 6.92 Å². The highest BCUT2D eigenvalue weighted by molar-refractivity contribution is 5.82. The van der Waals surface area contributed by atoms with Crippen molar-refractivity contribution < 1.29 is 14.1 Å². The number of hydrogen-bond donors (Lipinski definition) is 0. The van der Waals surface area contributed by atoms with Gasteiger partial charge in [-0.05, 0) is 32.1 Å². The first kappa shape index (κ1) is 12.2. The van der Waals surface area contributed by atoms with Crippen molar-refractivity contribution in [3.63, 3.8) is 0 Å². The molecule has 1 fully saturated rings. The Morgan fingerprint density at radius 1 is 1.59 bits per heavy atom. The van der Waals surface area contributed by atoms with Crippen LogP contribution in [0.15, 0.2) is 4.52 Å². The summed E-state index contributed by atoms with van der Waals surface area (Å²) in [7, 11) is 1.65. The zero-order valence-electron chi connectivity index (χ0n) is 10.5. The maximum atomic E-state index is 11.4. The molecule has 0 amide bonds. The first-order chi connectivity index (χ1) is 8.17. The molecule has 5 nitrogen and oxygen atoms in total. The number of hydrogen-bond acceptors (Lipinski definition) is 5. The number of carbonyl (C=O) groups excluding carboxylic acids is 1. The van der Waals surface area contributed by atoms with Crippen molar-refractivity contribution in [2.75, 3.05) is 7.11 Å². The summed E-state index contributed by atoms with van der Waals surface area (Å²) in [6.45, 7) is 3.48. The zero-order valence-corrected chi connectivity index (χ0v) is 10.5. The molecule has 0 aliphatic heterocycles. The molecule has 0 spiro atoms. The first-order valence-electron chi connectivity index (χ1n) is 6.04. The van der Waals surface area contributed by atoms with Gasteiger partial charge in [-0.15, -0.1) is 0 Å². The summed E-state index contributed by atoms with van der Waals surface area (Å²) >= 11 is 0. The molecule has 0 N–H and O–H groups in total. The smallest absolute Gasteiger partial charge is 0.237 e. The van der Waals surface area contributed by atoms with Gasteiger partial charge in [0.25, 0.3) is 0 Å². The fourth-order valence-corrected chi connectivity index (χ4v) is 2.05. The average Bonchev–Trinajstić information content (AvgIpc) is 3.01. The van der Waals surface area contributed by atoms with Gasteiger partial charge in [0.1, 0.15) is 11.9 Å². The summed E-state index contributed by atoms with van der Waals surface area (Å²) in [5.74, 6) is 1.27. The predicted octanol–water partition coefficient (Wildman–Crippen LogP) is 2.25. The number of aromatic nitrogens is 2. The van der Waals surface area contributed by atoms with Crippen molar-refractivity contribution in [1.82, 2.24) is 10.1 Å². The maximum absolute atomic E-state index is 11.4. The summed E-state index contributed by atoms with van der Waals surface area (Å²) in [4.78, 5) is 15.7. The van der Waals surface area contributed by atoms with E-state index in [-0.39, 0.29) is 17.8 Å². The van der Waals surface area contributed by atoms with Crippen LogP contribution in [0.5, 0.6) is 0 Å². The molecule has 17 heavy (non-hydrogen) atoms. The lowest BCUT2D eigenvalue weighted by Crippen LogP contribution is -2.09. The van der Waals surface area contributed by atoms with Gasteiger partial charge in [-0.2, -0.15) is 4.98 Å². The Balaban J connectivity index is 2.16. The van der Waals surface area contributed by atoms with Crippen LogP contribution < -0.4 is 0 Å². The van der Waals surface area contributed by atoms with Gasteiger partial charge >= 0.3 is 0 Å². The highest BCUT2D eigenvalue weighted by Gasteiger charge is 2.36. The average molecular weight is 238 g/mol. The number of ketones is 1. The van der Waals surface area contributed by atoms with Crippen LogP contribution in [0.4, 0.5) is 0 Å². The minimum Gasteiger partial charge on any atom is -0.373 e. The molecule has 1 aromatic rings. The second kappa shape index (κ2) is 4.96. The summed E-state index contributed by atoms with van der Waals surface area (Å²) in [6, 6.07) is 0. The lowest BCUT2D eigenvalue weighted by molar-refractivity contribution is -0.119. The highest BCUT2D eigenvalue weighted by atomic mass is 16.5. The Morgan fingerprint density at radius 3 is 2.76 bits per heavy atom. The first-order valence-corrected chi connectivity index (χ1v) is 6.04. The molecule has 2 atom stereocenters. The van der Waals surface area contributed by atoms with Crippen LogP contribution >= 0.6 is 0 Å². The number of carbonyl (C=O) groups is 1. The van der Waals surface area contributed by atoms with Crippen molar-refractivity contribution in [2.24, 2.45) is 5.92 Å². The fraction of sp³-hybridized carbons (Fsp3) is 0.750. The molecule has 1 aliphatic carbocycles. The van der Waals surface area contributed by atoms with Gasteiger partial charge in [0.2, 0.25) is 11.7 Å². The molecule has 0 radical (unpaired) electrons. The number of methoxy groups -OCH3 is 1. The molecule has 2 unspecified atom stereocenters. The Bertz CT molecular complexity index is 398. The minimum atomic E-state index is -0.284. The van der Waals surface area contributed by atoms with Crippen LogP contribution in [0.3, 0.4) is 0 Å². The Labute approximate surface area is 101 Å². The summed E-state index contributed by atoms with van der Waals surface area (Å²) in [5.41, 5.74) is 0. The van der Waals surface area contributed by atoms with Crippen LogP contribution in [-0.2, 0) is 9.53 Å². The standard InChI is InChI=1S/C12H18N2O3/c1-4-9(7(2)15)12-13-11(14-17-12)10(16-3)8-5-6-8/h8-10H,4-6H2,1-3H3. The SMILES string of the molecule is CCC(C(C)=O)c1nc(C(OC)C2CC2)no1. The van der Waals surface area contributed by atoms with E-state index in [9.17, 15) is 4.79 Å². The molecule has 94 valence electrons. The highest BCUT2D eigenvalue weighted by Crippen LogP contribution is 2.42. The molecular weight excluding hydrogens is 220 g/mol. The monoisotopic (exact) mass is 238 g/mol. The largest absolute Gasteiger partial charge is 0.373 e. The number of Topliss-reactive ketones (excluding diaryl/α,β-unsaturated/α-hetero) is 1. The van der Waals surface area contributed by atoms with Crippen LogP contribution in [0.2, 0.25) is 0 Å². The molecule has 0 aromatic carbocycles. The van der Waals surface area contributed by atoms with Gasteiger partial charge in [0.05, 0.1) is 5.92 Å². The van der Waals surface area contributed by atoms with Crippen molar-refractivity contribution in [1.29, 1.82) is 0 Å². The van der Waals surface area contributed by atoms with E-state index in [2.05, 4.69) is 10.1 Å². The number of nitrogens with zero attached hydrogens (tertiary/aromatic N) is 2. The lowest BCUT2D eigenvalue weighted by Gasteiger charge is -2.08. The summed E-state index contributed by atoms with van der Waals surface area (Å²) in [5, 5.41) is 3.94. The molecule has 1 saturated carbocycles. The van der Waals surface area contributed by atoms with Crippen molar-refractivity contribution in [3.8, 4) is 0 Å². The molecule has 5 heteroatoms. The maximum Gasteiger partial charge on any atom is 0.237 e. The van der Waals surface area contributed by atoms with Gasteiger partial charge in [0, 0.05) is 7.11 Å². The molecule has 1 aliphatic rings. The molecule has 0 bridgehead atoms. The molecule has 0 saturated heterocycles. The van der Waals surface area contributed by atoms with E-state index < -0.39 is 0 Å². The van der Waals surface area contributed by atoms with Crippen LogP contribution in [0.1, 0.15) is 56.8 Å². The Kier molecular flexibility index (Phi) is 3.57. The van der Waals surface area contributed by atoms with Crippen molar-refractivity contribution >= 4 is 5.78 Å². The van der Waals surface area contributed by atoms with Crippen molar-refractivity contribution in [3.05, 3.63) is 11.7 Å². The van der Waals surface area contributed by atoms with E-state index in [1.54, 1.807) is 14.0 Å². The molecular formula is C12H18N2O3. The quantitative estimate of drug-likeness (QED) is 0.760. The van der Waals surface area contributed by atoms with Crippen molar-refractivity contribution in [2.45, 2.75) is 45.1 Å². The van der Waals surface area contributed by atoms with E-state index in [1.165, 1.54) is 0 Å². The number of rotatable bonds is 6. The third kappa shape index (κ3) is 2.54. The molecule has 1 heterocycles. The second-order valence-electron chi connectivity index (χ2n) is 4.56. The van der Waals surface area contributed by atoms with Crippen LogP contribution in [-0.4, -0.2) is 23.0 Å². The third-order valence-corrected chi connectivity index (χ3v) is 3.21. The van der Waals surface area contributed by atoms with Gasteiger partial charge in [0.15, 0.2) is 0 Å². The zero-order chi connectivity index (χ0) is 12.4. The normalized spacial score (nSPS) is 19.0. The lowest BCUT2D eigenvalue weighted by atomic mass is 10.0. The van der Waals surface area contributed by atoms with Gasteiger partial charge in [-0.1, -0.05) is 12.1 Å². The fourth-order valence-electron chi connectivity index (χ4n) is 2.05. The van der Waals surface area contributed by atoms with Crippen LogP contribution in [0, 0.1) is 5.92 Å². The van der Waals surface area contributed by atoms with Crippen LogP contribution in [0.25, 0.3) is 0 Å². The van der Waals surface area contributed by atoms with Gasteiger partial charge < -0.3 is 9.26 Å². The van der Waals surface area contributed by atoms with Gasteiger partial charge in [-0.25, -0.2) is 0 Å². The van der Waals surface area contributed by atoms with E-state index in [0.717, 1.165) is 12.8 Å². The molecule has 1 aromatic heterocycles. The second-order valence-corrected chi connectivity index (χ2v) is 4.56. The Morgan fingerprint density at radius 2 is 2.29 bits per heavy atom. The third-order valence-electron chi connectivity index (χ3n) is 3.21. The number of ether oxygens (including phenoxy) is 1. The topological polar surface area (TPSA) is 65.2 Å². The minimum absolute atomic E-state index is 0.0584. The van der Waals surface area contributed by atoms with Gasteiger partial charge in [-0.3, -0.25) is 4.79 Å². The predicted molar refractivity (Wildman–Crippen MR) is 60.5 cm³/mol.